The molecule has 22 heavy (non-hydrogen) atoms. The van der Waals surface area contributed by atoms with Crippen molar-refractivity contribution in [2.45, 2.75) is 20.3 Å². The highest BCUT2D eigenvalue weighted by Gasteiger charge is 2.54. The normalized spacial score (nSPS) is 25.6. The number of ketones is 1. The minimum absolute atomic E-state index is 0.0948. The number of fused-ring (bicyclic) bond motifs is 1. The Morgan fingerprint density at radius 3 is 2.18 bits per heavy atom. The van der Waals surface area contributed by atoms with E-state index in [0.717, 1.165) is 29.1 Å². The Balaban J connectivity index is 1.87. The lowest BCUT2D eigenvalue weighted by atomic mass is 9.48. The van der Waals surface area contributed by atoms with E-state index in [1.165, 1.54) is 0 Å². The van der Waals surface area contributed by atoms with Gasteiger partial charge in [-0.15, -0.1) is 0 Å². The number of methoxy groups -OCH3 is 2. The van der Waals surface area contributed by atoms with E-state index < -0.39 is 0 Å². The molecule has 0 heterocycles. The highest BCUT2D eigenvalue weighted by molar-refractivity contribution is 5.96. The summed E-state index contributed by atoms with van der Waals surface area (Å²) in [6.07, 6.45) is 6.90. The van der Waals surface area contributed by atoms with Gasteiger partial charge in [0.25, 0.3) is 0 Å². The minimum Gasteiger partial charge on any atom is -0.497 e. The van der Waals surface area contributed by atoms with Crippen molar-refractivity contribution in [1.82, 2.24) is 0 Å². The third kappa shape index (κ3) is 2.35. The second-order valence-corrected chi connectivity index (χ2v) is 6.69. The molecule has 0 amide bonds. The highest BCUT2D eigenvalue weighted by atomic mass is 16.5. The average Bonchev–Trinajstić information content (AvgIpc) is 2.51. The maximum Gasteiger partial charge on any atom is 0.159 e. The third-order valence-electron chi connectivity index (χ3n) is 5.16. The molecule has 1 aromatic rings. The van der Waals surface area contributed by atoms with Crippen LogP contribution in [0.4, 0.5) is 0 Å². The van der Waals surface area contributed by atoms with Crippen molar-refractivity contribution in [3.8, 4) is 11.5 Å². The van der Waals surface area contributed by atoms with Gasteiger partial charge in [-0.2, -0.15) is 0 Å². The number of hydrogen-bond donors (Lipinski definition) is 0. The topological polar surface area (TPSA) is 35.5 Å². The summed E-state index contributed by atoms with van der Waals surface area (Å²) in [5, 5.41) is 0. The van der Waals surface area contributed by atoms with Crippen molar-refractivity contribution in [3.63, 3.8) is 0 Å². The van der Waals surface area contributed by atoms with E-state index in [1.54, 1.807) is 14.2 Å². The van der Waals surface area contributed by atoms with Crippen molar-refractivity contribution in [2.24, 2.45) is 17.3 Å². The summed E-state index contributed by atoms with van der Waals surface area (Å²) in [6.45, 7) is 4.39. The van der Waals surface area contributed by atoms with Gasteiger partial charge in [0.15, 0.2) is 5.78 Å². The Morgan fingerprint density at radius 2 is 1.68 bits per heavy atom. The molecule has 116 valence electrons. The highest BCUT2D eigenvalue weighted by Crippen LogP contribution is 2.58. The van der Waals surface area contributed by atoms with E-state index in [9.17, 15) is 4.79 Å². The second kappa shape index (κ2) is 5.31. The number of carbonyl (C=O) groups excluding carboxylic acids is 1. The van der Waals surface area contributed by atoms with Crippen LogP contribution >= 0.6 is 0 Å². The molecule has 1 aromatic carbocycles. The largest absolute Gasteiger partial charge is 0.497 e. The van der Waals surface area contributed by atoms with Gasteiger partial charge in [-0.05, 0) is 47.1 Å². The van der Waals surface area contributed by atoms with Crippen LogP contribution in [0.5, 0.6) is 11.5 Å². The Kier molecular flexibility index (Phi) is 3.59. The number of hydrogen-bond acceptors (Lipinski definition) is 3. The maximum absolute atomic E-state index is 12.1. The monoisotopic (exact) mass is 298 g/mol. The number of ether oxygens (including phenoxy) is 2. The second-order valence-electron chi connectivity index (χ2n) is 6.69. The first-order valence-electron chi connectivity index (χ1n) is 7.62. The van der Waals surface area contributed by atoms with Gasteiger partial charge in [0.05, 0.1) is 14.2 Å². The predicted molar refractivity (Wildman–Crippen MR) is 87.0 cm³/mol. The molecule has 3 aliphatic carbocycles. The van der Waals surface area contributed by atoms with E-state index in [2.05, 4.69) is 19.9 Å². The van der Waals surface area contributed by atoms with E-state index in [0.29, 0.717) is 5.92 Å². The van der Waals surface area contributed by atoms with Crippen molar-refractivity contribution >= 4 is 11.9 Å². The quantitative estimate of drug-likeness (QED) is 0.846. The fourth-order valence-corrected chi connectivity index (χ4v) is 3.62. The lowest BCUT2D eigenvalue weighted by Crippen LogP contribution is -2.52. The molecule has 3 nitrogen and oxygen atoms in total. The summed E-state index contributed by atoms with van der Waals surface area (Å²) in [7, 11) is 3.28. The number of carbonyl (C=O) groups is 1. The van der Waals surface area contributed by atoms with E-state index >= 15 is 0 Å². The summed E-state index contributed by atoms with van der Waals surface area (Å²) in [6, 6.07) is 5.76. The first-order chi connectivity index (χ1) is 10.5. The van der Waals surface area contributed by atoms with E-state index in [1.807, 2.05) is 30.4 Å². The lowest BCUT2D eigenvalue weighted by Gasteiger charge is -2.54. The van der Waals surface area contributed by atoms with Crippen LogP contribution in [-0.4, -0.2) is 20.0 Å². The zero-order valence-electron chi connectivity index (χ0n) is 13.6. The van der Waals surface area contributed by atoms with Crippen LogP contribution in [0.25, 0.3) is 6.08 Å². The van der Waals surface area contributed by atoms with Gasteiger partial charge in [-0.3, -0.25) is 4.79 Å². The van der Waals surface area contributed by atoms with Crippen molar-refractivity contribution in [3.05, 3.63) is 41.5 Å². The smallest absolute Gasteiger partial charge is 0.159 e. The standard InChI is InChI=1S/C19H22O3/c1-19(2)16-11-17(19)18(20)9-13(16)6-5-12-7-14(21-3)10-15(8-12)22-4/h5-10,16-17H,11H2,1-4H3/b6-5+/t16-,17+/m1/s1. The third-order valence-corrected chi connectivity index (χ3v) is 5.16. The molecule has 0 spiro atoms. The molecule has 0 radical (unpaired) electrons. The number of allylic oxidation sites excluding steroid dienone is 3. The number of rotatable bonds is 4. The van der Waals surface area contributed by atoms with Crippen LogP contribution < -0.4 is 9.47 Å². The van der Waals surface area contributed by atoms with Gasteiger partial charge in [-0.25, -0.2) is 0 Å². The molecule has 1 fully saturated rings. The summed E-state index contributed by atoms with van der Waals surface area (Å²) >= 11 is 0. The fraction of sp³-hybridized carbons (Fsp3) is 0.421. The Morgan fingerprint density at radius 1 is 1.05 bits per heavy atom. The molecule has 0 unspecified atom stereocenters. The Bertz CT molecular complexity index is 645. The zero-order valence-corrected chi connectivity index (χ0v) is 13.6. The Labute approximate surface area is 131 Å². The first-order valence-corrected chi connectivity index (χ1v) is 7.62. The molecule has 2 atom stereocenters. The molecule has 1 saturated carbocycles. The Hall–Kier alpha value is -2.03. The molecule has 4 rings (SSSR count). The summed E-state index contributed by atoms with van der Waals surface area (Å²) in [5.41, 5.74) is 2.24. The molecular weight excluding hydrogens is 276 g/mol. The average molecular weight is 298 g/mol. The van der Waals surface area contributed by atoms with Crippen LogP contribution in [-0.2, 0) is 4.79 Å². The van der Waals surface area contributed by atoms with Crippen molar-refractivity contribution in [2.75, 3.05) is 14.2 Å². The fourth-order valence-electron chi connectivity index (χ4n) is 3.62. The molecule has 0 aliphatic heterocycles. The molecular formula is C19H22O3. The van der Waals surface area contributed by atoms with Gasteiger partial charge in [0, 0.05) is 12.0 Å². The maximum atomic E-state index is 12.1. The number of benzene rings is 1. The van der Waals surface area contributed by atoms with Gasteiger partial charge >= 0.3 is 0 Å². The van der Waals surface area contributed by atoms with E-state index in [-0.39, 0.29) is 17.1 Å². The van der Waals surface area contributed by atoms with Gasteiger partial charge in [0.1, 0.15) is 11.5 Å². The molecule has 0 N–H and O–H groups in total. The van der Waals surface area contributed by atoms with Crippen LogP contribution in [0.1, 0.15) is 25.8 Å². The van der Waals surface area contributed by atoms with Gasteiger partial charge < -0.3 is 9.47 Å². The molecule has 2 bridgehead atoms. The lowest BCUT2D eigenvalue weighted by molar-refractivity contribution is -0.133. The predicted octanol–water partition coefficient (Wildman–Crippen LogP) is 3.89. The summed E-state index contributed by atoms with van der Waals surface area (Å²) < 4.78 is 10.6. The van der Waals surface area contributed by atoms with Gasteiger partial charge in [-0.1, -0.05) is 26.0 Å². The first kappa shape index (κ1) is 14.9. The SMILES string of the molecule is COc1cc(/C=C/C2=CC(=O)[C@@H]3C[C@H]2C3(C)C)cc(OC)c1. The van der Waals surface area contributed by atoms with Crippen molar-refractivity contribution < 1.29 is 14.3 Å². The van der Waals surface area contributed by atoms with Gasteiger partial charge in [0.2, 0.25) is 0 Å². The van der Waals surface area contributed by atoms with E-state index in [4.69, 9.17) is 9.47 Å². The summed E-state index contributed by atoms with van der Waals surface area (Å²) in [5.74, 6) is 2.49. The van der Waals surface area contributed by atoms with Crippen LogP contribution in [0.2, 0.25) is 0 Å². The van der Waals surface area contributed by atoms with Crippen molar-refractivity contribution in [1.29, 1.82) is 0 Å². The zero-order chi connectivity index (χ0) is 15.9. The van der Waals surface area contributed by atoms with Crippen LogP contribution in [0.3, 0.4) is 0 Å². The molecule has 3 heteroatoms. The van der Waals surface area contributed by atoms with Crippen LogP contribution in [0, 0.1) is 17.3 Å². The molecule has 0 aromatic heterocycles. The minimum atomic E-state index is 0.0948. The molecule has 0 saturated heterocycles. The van der Waals surface area contributed by atoms with Crippen LogP contribution in [0.15, 0.2) is 35.9 Å². The molecule has 3 aliphatic rings. The summed E-state index contributed by atoms with van der Waals surface area (Å²) in [4.78, 5) is 12.1.